The first kappa shape index (κ1) is 25.9. The van der Waals surface area contributed by atoms with Crippen LogP contribution in [-0.2, 0) is 17.6 Å². The average molecular weight is 545 g/mol. The van der Waals surface area contributed by atoms with Crippen molar-refractivity contribution in [2.75, 3.05) is 6.26 Å². The topological polar surface area (TPSA) is 23.1 Å². The van der Waals surface area contributed by atoms with E-state index in [1.807, 2.05) is 6.07 Å². The van der Waals surface area contributed by atoms with Crippen molar-refractivity contribution in [1.82, 2.24) is 0 Å². The van der Waals surface area contributed by atoms with Gasteiger partial charge in [-0.1, -0.05) is 86.5 Å². The van der Waals surface area contributed by atoms with E-state index >= 15 is 0 Å². The first-order chi connectivity index (χ1) is 19.1. The molecule has 194 valence electrons. The minimum atomic E-state index is -1.08. The quantitative estimate of drug-likeness (QED) is 0.138. The number of rotatable bonds is 8. The van der Waals surface area contributed by atoms with Crippen molar-refractivity contribution in [3.63, 3.8) is 0 Å². The molecule has 0 amide bonds. The van der Waals surface area contributed by atoms with Crippen molar-refractivity contribution in [2.45, 2.75) is 37.5 Å². The number of hydrogen-bond acceptors (Lipinski definition) is 2. The highest BCUT2D eigenvalue weighted by molar-refractivity contribution is 7.90. The summed E-state index contributed by atoms with van der Waals surface area (Å²) in [6.07, 6.45) is 6.67. The molecule has 0 aliphatic carbocycles. The summed E-state index contributed by atoms with van der Waals surface area (Å²) in [5, 5.41) is 3.70. The summed E-state index contributed by atoms with van der Waals surface area (Å²) < 4.78 is 14.0. The maximum absolute atomic E-state index is 12.8. The Morgan fingerprint density at radius 1 is 0.641 bits per heavy atom. The van der Waals surface area contributed by atoms with Crippen LogP contribution in [0.15, 0.2) is 114 Å². The second-order valence-electron chi connectivity index (χ2n) is 10.2. The molecule has 1 aromatic heterocycles. The van der Waals surface area contributed by atoms with Gasteiger partial charge in [-0.15, -0.1) is 11.3 Å². The minimum absolute atomic E-state index is 0.886. The summed E-state index contributed by atoms with van der Waals surface area (Å²) in [6.45, 7) is 2.24. The first-order valence-electron chi connectivity index (χ1n) is 13.7. The summed E-state index contributed by atoms with van der Waals surface area (Å²) >= 11 is 0.703. The van der Waals surface area contributed by atoms with Gasteiger partial charge in [-0.05, 0) is 110 Å². The standard InChI is InChI=1S/C36H32OS2/c1-3-4-6-9-25-12-14-27(15-13-25)29-18-19-36(39(2)37)33(22-29)35-24-32-21-31-20-28(26-10-7-5-8-11-26)16-17-30(31)23-34(32)38-35/h5,7-8,10-24H,3-4,6,9H2,1-2H3. The number of hydrogen-bond donors (Lipinski definition) is 0. The van der Waals surface area contributed by atoms with E-state index in [4.69, 9.17) is 0 Å². The van der Waals surface area contributed by atoms with Crippen LogP contribution in [0.3, 0.4) is 0 Å². The lowest BCUT2D eigenvalue weighted by atomic mass is 9.99. The Balaban J connectivity index is 1.38. The van der Waals surface area contributed by atoms with Gasteiger partial charge in [-0.2, -0.15) is 0 Å². The summed E-state index contributed by atoms with van der Waals surface area (Å²) in [7, 11) is 0. The van der Waals surface area contributed by atoms with Gasteiger partial charge in [0.2, 0.25) is 0 Å². The Morgan fingerprint density at radius 3 is 2.13 bits per heavy atom. The van der Waals surface area contributed by atoms with Crippen LogP contribution in [0.5, 0.6) is 0 Å². The van der Waals surface area contributed by atoms with Gasteiger partial charge in [-0.3, -0.25) is 0 Å². The van der Waals surface area contributed by atoms with Gasteiger partial charge in [0.25, 0.3) is 0 Å². The van der Waals surface area contributed by atoms with Gasteiger partial charge < -0.3 is 4.55 Å². The monoisotopic (exact) mass is 544 g/mol. The zero-order valence-electron chi connectivity index (χ0n) is 22.4. The fraction of sp³-hybridized carbons (Fsp3) is 0.167. The lowest BCUT2D eigenvalue weighted by Crippen LogP contribution is -1.99. The van der Waals surface area contributed by atoms with Crippen molar-refractivity contribution >= 4 is 43.4 Å². The third-order valence-corrected chi connectivity index (χ3v) is 9.60. The lowest BCUT2D eigenvalue weighted by Gasteiger charge is -2.12. The highest BCUT2D eigenvalue weighted by Crippen LogP contribution is 2.40. The van der Waals surface area contributed by atoms with Crippen LogP contribution < -0.4 is 0 Å². The van der Waals surface area contributed by atoms with Gasteiger partial charge >= 0.3 is 0 Å². The van der Waals surface area contributed by atoms with Crippen LogP contribution >= 0.6 is 11.3 Å². The lowest BCUT2D eigenvalue weighted by molar-refractivity contribution is 0.601. The maximum atomic E-state index is 12.8. The van der Waals surface area contributed by atoms with Gasteiger partial charge in [0.15, 0.2) is 4.90 Å². The molecule has 39 heavy (non-hydrogen) atoms. The molecule has 0 aliphatic heterocycles. The van der Waals surface area contributed by atoms with E-state index in [-0.39, 0.29) is 0 Å². The van der Waals surface area contributed by atoms with Crippen LogP contribution in [0.2, 0.25) is 0 Å². The molecule has 6 rings (SSSR count). The van der Waals surface area contributed by atoms with Crippen molar-refractivity contribution < 1.29 is 4.55 Å². The number of fused-ring (bicyclic) bond motifs is 2. The molecular formula is C36H32OS2. The predicted molar refractivity (Wildman–Crippen MR) is 171 cm³/mol. The zero-order valence-corrected chi connectivity index (χ0v) is 24.1. The molecule has 1 atom stereocenters. The van der Waals surface area contributed by atoms with E-state index in [2.05, 4.69) is 110 Å². The van der Waals surface area contributed by atoms with Gasteiger partial charge in [0.1, 0.15) is 6.26 Å². The summed E-state index contributed by atoms with van der Waals surface area (Å²) in [6, 6.07) is 39.4. The highest BCUT2D eigenvalue weighted by Gasteiger charge is 2.18. The molecule has 0 saturated carbocycles. The predicted octanol–water partition coefficient (Wildman–Crippen LogP) is 10.5. The van der Waals surface area contributed by atoms with Crippen LogP contribution in [-0.4, -0.2) is 10.8 Å². The van der Waals surface area contributed by atoms with Crippen LogP contribution in [0.25, 0.3) is 53.6 Å². The second kappa shape index (κ2) is 11.4. The number of thiophene rings is 1. The first-order valence-corrected chi connectivity index (χ1v) is 16.1. The summed E-state index contributed by atoms with van der Waals surface area (Å²) in [5.41, 5.74) is 7.27. The fourth-order valence-corrected chi connectivity index (χ4v) is 7.25. The Kier molecular flexibility index (Phi) is 7.56. The Bertz CT molecular complexity index is 1730. The molecule has 6 aromatic rings. The molecule has 0 bridgehead atoms. The van der Waals surface area contributed by atoms with E-state index in [0.717, 1.165) is 27.3 Å². The largest absolute Gasteiger partial charge is 0.612 e. The molecule has 5 aromatic carbocycles. The van der Waals surface area contributed by atoms with Crippen molar-refractivity contribution in [3.05, 3.63) is 115 Å². The molecule has 0 radical (unpaired) electrons. The Hall–Kier alpha value is -3.37. The minimum Gasteiger partial charge on any atom is -0.612 e. The SMILES string of the molecule is CCCCCc1ccc(-c2ccc([S+](C)[O-])c(-c3cc4cc5cc(-c6ccccc6)ccc5cc4s3)c2)cc1. The van der Waals surface area contributed by atoms with Gasteiger partial charge in [-0.25, -0.2) is 0 Å². The van der Waals surface area contributed by atoms with E-state index in [9.17, 15) is 4.55 Å². The van der Waals surface area contributed by atoms with Crippen molar-refractivity contribution in [2.24, 2.45) is 0 Å². The smallest absolute Gasteiger partial charge is 0.161 e. The molecule has 3 heteroatoms. The second-order valence-corrected chi connectivity index (χ2v) is 12.7. The summed E-state index contributed by atoms with van der Waals surface area (Å²) in [4.78, 5) is 2.05. The summed E-state index contributed by atoms with van der Waals surface area (Å²) in [5.74, 6) is 0. The van der Waals surface area contributed by atoms with Crippen LogP contribution in [0, 0.1) is 0 Å². The number of aryl methyl sites for hydroxylation is 1. The third kappa shape index (κ3) is 5.53. The molecule has 0 saturated heterocycles. The average Bonchev–Trinajstić information content (AvgIpc) is 3.39. The normalized spacial score (nSPS) is 12.3. The maximum Gasteiger partial charge on any atom is 0.161 e. The van der Waals surface area contributed by atoms with Crippen molar-refractivity contribution in [1.29, 1.82) is 0 Å². The van der Waals surface area contributed by atoms with Gasteiger partial charge in [0, 0.05) is 15.1 Å². The zero-order chi connectivity index (χ0) is 26.8. The molecule has 1 heterocycles. The highest BCUT2D eigenvalue weighted by atomic mass is 32.2. The number of unbranched alkanes of at least 4 members (excludes halogenated alkanes) is 2. The van der Waals surface area contributed by atoms with E-state index < -0.39 is 11.2 Å². The number of benzene rings is 5. The Morgan fingerprint density at radius 2 is 1.36 bits per heavy atom. The Labute approximate surface area is 238 Å². The molecule has 0 aliphatic rings. The van der Waals surface area contributed by atoms with Crippen LogP contribution in [0.1, 0.15) is 31.7 Å². The molecule has 0 N–H and O–H groups in total. The molecule has 0 fully saturated rings. The van der Waals surface area contributed by atoms with E-state index in [0.29, 0.717) is 0 Å². The van der Waals surface area contributed by atoms with Crippen LogP contribution in [0.4, 0.5) is 0 Å². The molecule has 1 unspecified atom stereocenters. The van der Waals surface area contributed by atoms with Crippen molar-refractivity contribution in [3.8, 4) is 32.7 Å². The third-order valence-electron chi connectivity index (χ3n) is 7.49. The van der Waals surface area contributed by atoms with E-state index in [1.165, 1.54) is 62.4 Å². The fourth-order valence-electron chi connectivity index (χ4n) is 5.32. The molecular weight excluding hydrogens is 513 g/mol. The molecule has 1 nitrogen and oxygen atoms in total. The van der Waals surface area contributed by atoms with E-state index in [1.54, 1.807) is 17.6 Å². The molecule has 0 spiro atoms. The van der Waals surface area contributed by atoms with Gasteiger partial charge in [0.05, 0.1) is 0 Å².